The monoisotopic (exact) mass is 343 g/mol. The number of anilines is 1. The van der Waals surface area contributed by atoms with Gasteiger partial charge in [-0.25, -0.2) is 4.98 Å². The van der Waals surface area contributed by atoms with Gasteiger partial charge in [-0.15, -0.1) is 0 Å². The number of nitrogen functional groups attached to an aromatic ring is 1. The summed E-state index contributed by atoms with van der Waals surface area (Å²) in [5, 5.41) is 3.80. The van der Waals surface area contributed by atoms with Crippen LogP contribution in [0.2, 0.25) is 0 Å². The van der Waals surface area contributed by atoms with E-state index in [9.17, 15) is 4.79 Å². The van der Waals surface area contributed by atoms with E-state index in [0.29, 0.717) is 5.56 Å². The number of nitrogens with zero attached hydrogens (tertiary/aromatic N) is 1. The van der Waals surface area contributed by atoms with E-state index in [1.165, 1.54) is 12.8 Å². The molecule has 1 aliphatic carbocycles. The summed E-state index contributed by atoms with van der Waals surface area (Å²) in [6.07, 6.45) is 8.15. The second-order valence-corrected chi connectivity index (χ2v) is 6.82. The Kier molecular flexibility index (Phi) is 5.10. The molecule has 3 N–H and O–H groups in total. The fraction of sp³-hybridized carbons (Fsp3) is 0.538. The number of nitrogens with one attached hydrogen (secondary N) is 1. The molecule has 2 rings (SSSR count). The number of nitrogens with two attached hydrogens (primary N) is 1. The van der Waals surface area contributed by atoms with E-state index >= 15 is 0 Å². The smallest absolute Gasteiger partial charge is 0.255 e. The number of hydrogen-bond donors (Lipinski definition) is 2. The Morgan fingerprint density at radius 1 is 1.47 bits per heavy atom. The van der Waals surface area contributed by atoms with E-state index in [1.54, 1.807) is 12.3 Å². The lowest BCUT2D eigenvalue weighted by atomic mass is 9.95. The lowest BCUT2D eigenvalue weighted by Gasteiger charge is -2.28. The Bertz CT molecular complexity index is 461. The van der Waals surface area contributed by atoms with Crippen LogP contribution in [0.5, 0.6) is 0 Å². The molecule has 0 bridgehead atoms. The van der Waals surface area contributed by atoms with Gasteiger partial charge in [-0.3, -0.25) is 4.79 Å². The zero-order chi connectivity index (χ0) is 13.8. The van der Waals surface area contributed by atoms with Crippen LogP contribution in [0, 0.1) is 0 Å². The molecule has 1 heterocycles. The quantitative estimate of drug-likeness (QED) is 0.885. The van der Waals surface area contributed by atoms with Gasteiger partial charge in [0.05, 0.1) is 5.56 Å². The number of hydrogen-bond acceptors (Lipinski definition) is 4. The Morgan fingerprint density at radius 2 is 2.16 bits per heavy atom. The third-order valence-electron chi connectivity index (χ3n) is 3.47. The summed E-state index contributed by atoms with van der Waals surface area (Å²) in [5.41, 5.74) is 6.19. The second-order valence-electron chi connectivity index (χ2n) is 4.77. The van der Waals surface area contributed by atoms with E-state index in [0.717, 1.165) is 22.6 Å². The largest absolute Gasteiger partial charge is 0.383 e. The SMILES string of the molecule is CSC1CCC(NC(=O)c2cc(Br)cnc2N)CC1. The molecule has 0 saturated heterocycles. The van der Waals surface area contributed by atoms with Gasteiger partial charge in [0.1, 0.15) is 5.82 Å². The lowest BCUT2D eigenvalue weighted by Crippen LogP contribution is -2.38. The molecule has 0 radical (unpaired) electrons. The number of amides is 1. The summed E-state index contributed by atoms with van der Waals surface area (Å²) in [6, 6.07) is 1.97. The van der Waals surface area contributed by atoms with E-state index in [2.05, 4.69) is 32.5 Å². The fourth-order valence-corrected chi connectivity index (χ4v) is 3.41. The van der Waals surface area contributed by atoms with Crippen molar-refractivity contribution in [1.82, 2.24) is 10.3 Å². The van der Waals surface area contributed by atoms with Crippen molar-refractivity contribution in [1.29, 1.82) is 0 Å². The van der Waals surface area contributed by atoms with E-state index in [4.69, 9.17) is 5.73 Å². The number of carbonyl (C=O) groups is 1. The van der Waals surface area contributed by atoms with Crippen LogP contribution in [-0.4, -0.2) is 28.4 Å². The zero-order valence-electron chi connectivity index (χ0n) is 10.9. The minimum absolute atomic E-state index is 0.126. The van der Waals surface area contributed by atoms with Crippen LogP contribution in [0.4, 0.5) is 5.82 Å². The molecular weight excluding hydrogens is 326 g/mol. The van der Waals surface area contributed by atoms with Crippen LogP contribution >= 0.6 is 27.7 Å². The first-order valence-electron chi connectivity index (χ1n) is 6.35. The average Bonchev–Trinajstić information content (AvgIpc) is 2.42. The molecule has 1 aromatic rings. The standard InChI is InChI=1S/C13H18BrN3OS/c1-19-10-4-2-9(3-5-10)17-13(18)11-6-8(14)7-16-12(11)15/h6-7,9-10H,2-5H2,1H3,(H2,15,16)(H,17,18). The molecule has 19 heavy (non-hydrogen) atoms. The van der Waals surface area contributed by atoms with Crippen LogP contribution < -0.4 is 11.1 Å². The highest BCUT2D eigenvalue weighted by Gasteiger charge is 2.23. The van der Waals surface area contributed by atoms with Gasteiger partial charge in [-0.1, -0.05) is 0 Å². The van der Waals surface area contributed by atoms with Gasteiger partial charge >= 0.3 is 0 Å². The summed E-state index contributed by atoms with van der Waals surface area (Å²) in [4.78, 5) is 16.2. The summed E-state index contributed by atoms with van der Waals surface area (Å²) in [7, 11) is 0. The van der Waals surface area contributed by atoms with Crippen molar-refractivity contribution in [2.75, 3.05) is 12.0 Å². The predicted molar refractivity (Wildman–Crippen MR) is 83.4 cm³/mol. The molecule has 4 nitrogen and oxygen atoms in total. The summed E-state index contributed by atoms with van der Waals surface area (Å²) < 4.78 is 0.762. The van der Waals surface area contributed by atoms with Crippen molar-refractivity contribution in [3.8, 4) is 0 Å². The summed E-state index contributed by atoms with van der Waals surface area (Å²) in [6.45, 7) is 0. The van der Waals surface area contributed by atoms with Gasteiger partial charge in [0.25, 0.3) is 5.91 Å². The number of aromatic nitrogens is 1. The van der Waals surface area contributed by atoms with Crippen molar-refractivity contribution in [3.63, 3.8) is 0 Å². The zero-order valence-corrected chi connectivity index (χ0v) is 13.3. The Hall–Kier alpha value is -0.750. The van der Waals surface area contributed by atoms with Crippen molar-refractivity contribution >= 4 is 39.4 Å². The van der Waals surface area contributed by atoms with Crippen molar-refractivity contribution < 1.29 is 4.79 Å². The first-order chi connectivity index (χ1) is 9.10. The Morgan fingerprint density at radius 3 is 2.79 bits per heavy atom. The third kappa shape index (κ3) is 3.86. The van der Waals surface area contributed by atoms with Crippen LogP contribution in [0.25, 0.3) is 0 Å². The molecule has 0 unspecified atom stereocenters. The van der Waals surface area contributed by atoms with Gasteiger partial charge in [-0.2, -0.15) is 11.8 Å². The first-order valence-corrected chi connectivity index (χ1v) is 8.43. The molecule has 6 heteroatoms. The van der Waals surface area contributed by atoms with Gasteiger partial charge < -0.3 is 11.1 Å². The van der Waals surface area contributed by atoms with E-state index < -0.39 is 0 Å². The number of thioether (sulfide) groups is 1. The van der Waals surface area contributed by atoms with E-state index in [-0.39, 0.29) is 17.8 Å². The molecule has 0 atom stereocenters. The maximum atomic E-state index is 12.2. The minimum Gasteiger partial charge on any atom is -0.383 e. The molecule has 104 valence electrons. The maximum Gasteiger partial charge on any atom is 0.255 e. The fourth-order valence-electron chi connectivity index (χ4n) is 2.34. The summed E-state index contributed by atoms with van der Waals surface area (Å²) in [5.74, 6) is 0.150. The van der Waals surface area contributed by atoms with Crippen LogP contribution in [-0.2, 0) is 0 Å². The highest BCUT2D eigenvalue weighted by molar-refractivity contribution is 9.10. The topological polar surface area (TPSA) is 68.0 Å². The van der Waals surface area contributed by atoms with Crippen molar-refractivity contribution in [2.24, 2.45) is 0 Å². The molecule has 1 fully saturated rings. The summed E-state index contributed by atoms with van der Waals surface area (Å²) >= 11 is 5.22. The lowest BCUT2D eigenvalue weighted by molar-refractivity contribution is 0.0928. The molecule has 0 aromatic carbocycles. The molecule has 1 saturated carbocycles. The molecule has 1 amide bonds. The second kappa shape index (κ2) is 6.61. The average molecular weight is 344 g/mol. The normalized spacial score (nSPS) is 23.1. The number of pyridine rings is 1. The third-order valence-corrected chi connectivity index (χ3v) is 5.04. The van der Waals surface area contributed by atoms with Crippen LogP contribution in [0.3, 0.4) is 0 Å². The minimum atomic E-state index is -0.126. The molecule has 1 aliphatic rings. The van der Waals surface area contributed by atoms with Gasteiger partial charge in [0.2, 0.25) is 0 Å². The highest BCUT2D eigenvalue weighted by Crippen LogP contribution is 2.27. The van der Waals surface area contributed by atoms with Gasteiger partial charge in [0, 0.05) is 22.0 Å². The Labute approximate surface area is 126 Å². The predicted octanol–water partition coefficient (Wildman–Crippen LogP) is 2.83. The number of rotatable bonds is 3. The molecular formula is C13H18BrN3OS. The van der Waals surface area contributed by atoms with Crippen LogP contribution in [0.1, 0.15) is 36.0 Å². The maximum absolute atomic E-state index is 12.2. The van der Waals surface area contributed by atoms with Gasteiger partial charge in [-0.05, 0) is 53.9 Å². The number of halogens is 1. The Balaban J connectivity index is 1.96. The van der Waals surface area contributed by atoms with Gasteiger partial charge in [0.15, 0.2) is 0 Å². The number of carbonyl (C=O) groups excluding carboxylic acids is 1. The molecule has 0 spiro atoms. The first kappa shape index (κ1) is 14.7. The molecule has 0 aliphatic heterocycles. The highest BCUT2D eigenvalue weighted by atomic mass is 79.9. The van der Waals surface area contributed by atoms with E-state index in [1.807, 2.05) is 11.8 Å². The van der Waals surface area contributed by atoms with Crippen LogP contribution in [0.15, 0.2) is 16.7 Å². The molecule has 1 aromatic heterocycles. The van der Waals surface area contributed by atoms with Crippen molar-refractivity contribution in [3.05, 3.63) is 22.3 Å². The van der Waals surface area contributed by atoms with Crippen molar-refractivity contribution in [2.45, 2.75) is 37.0 Å².